The molecule has 3 heterocycles. The van der Waals surface area contributed by atoms with Crippen molar-refractivity contribution in [3.63, 3.8) is 0 Å². The fourth-order valence-corrected chi connectivity index (χ4v) is 3.14. The zero-order chi connectivity index (χ0) is 16.5. The van der Waals surface area contributed by atoms with E-state index in [1.165, 1.54) is 5.69 Å². The molecule has 3 aromatic rings. The highest BCUT2D eigenvalue weighted by atomic mass is 15.2. The molecule has 0 aliphatic carbocycles. The number of aromatic amines is 1. The number of nitrogens with two attached hydrogens (primary N) is 1. The Morgan fingerprint density at radius 1 is 1.25 bits per heavy atom. The number of aryl methyl sites for hydroxylation is 1. The number of fused-ring (bicyclic) bond motifs is 1. The number of anilines is 3. The maximum atomic E-state index is 6.00. The summed E-state index contributed by atoms with van der Waals surface area (Å²) in [4.78, 5) is 14.7. The van der Waals surface area contributed by atoms with Crippen LogP contribution in [-0.4, -0.2) is 34.1 Å². The van der Waals surface area contributed by atoms with Crippen molar-refractivity contribution in [3.8, 4) is 0 Å². The van der Waals surface area contributed by atoms with Crippen LogP contribution in [0.5, 0.6) is 0 Å². The van der Waals surface area contributed by atoms with Crippen LogP contribution in [0, 0.1) is 6.92 Å². The highest BCUT2D eigenvalue weighted by Gasteiger charge is 2.17. The molecular formula is C18H22N6. The number of nitrogens with zero attached hydrogens (tertiary/aromatic N) is 3. The van der Waals surface area contributed by atoms with Crippen LogP contribution >= 0.6 is 0 Å². The lowest BCUT2D eigenvalue weighted by molar-refractivity contribution is 0.501. The third kappa shape index (κ3) is 2.92. The molecule has 2 aromatic heterocycles. The quantitative estimate of drug-likeness (QED) is 0.690. The molecule has 0 atom stereocenters. The van der Waals surface area contributed by atoms with Gasteiger partial charge in [0.2, 0.25) is 5.95 Å². The zero-order valence-electron chi connectivity index (χ0n) is 13.8. The van der Waals surface area contributed by atoms with Crippen LogP contribution in [0.3, 0.4) is 0 Å². The minimum atomic E-state index is 0.342. The van der Waals surface area contributed by atoms with Crippen molar-refractivity contribution in [2.45, 2.75) is 25.8 Å². The first-order valence-corrected chi connectivity index (χ1v) is 8.38. The summed E-state index contributed by atoms with van der Waals surface area (Å²) in [6.07, 6.45) is 3.87. The van der Waals surface area contributed by atoms with Gasteiger partial charge in [-0.25, -0.2) is 9.97 Å². The molecule has 1 aromatic carbocycles. The molecule has 1 fully saturated rings. The second-order valence-electron chi connectivity index (χ2n) is 6.41. The van der Waals surface area contributed by atoms with Gasteiger partial charge in [-0.3, -0.25) is 0 Å². The van der Waals surface area contributed by atoms with Gasteiger partial charge in [0, 0.05) is 31.0 Å². The van der Waals surface area contributed by atoms with Crippen molar-refractivity contribution in [2.24, 2.45) is 5.73 Å². The summed E-state index contributed by atoms with van der Waals surface area (Å²) in [5.74, 6) is 1.53. The molecule has 1 aliphatic heterocycles. The van der Waals surface area contributed by atoms with Gasteiger partial charge in [-0.1, -0.05) is 6.07 Å². The second-order valence-corrected chi connectivity index (χ2v) is 6.41. The van der Waals surface area contributed by atoms with Gasteiger partial charge in [-0.05, 0) is 49.6 Å². The number of nitrogens with one attached hydrogen (secondary N) is 2. The Kier molecular flexibility index (Phi) is 3.82. The van der Waals surface area contributed by atoms with E-state index in [4.69, 9.17) is 5.73 Å². The normalized spacial score (nSPS) is 15.8. The zero-order valence-corrected chi connectivity index (χ0v) is 13.8. The lowest BCUT2D eigenvalue weighted by atomic mass is 10.1. The van der Waals surface area contributed by atoms with E-state index in [2.05, 4.69) is 43.4 Å². The number of rotatable bonds is 3. The molecule has 124 valence electrons. The number of H-pyrrole nitrogens is 1. The van der Waals surface area contributed by atoms with E-state index in [0.717, 1.165) is 48.3 Å². The molecule has 4 N–H and O–H groups in total. The Bertz CT molecular complexity index is 848. The predicted octanol–water partition coefficient (Wildman–Crippen LogP) is 2.94. The number of hydrogen-bond donors (Lipinski definition) is 3. The molecule has 6 heteroatoms. The highest BCUT2D eigenvalue weighted by molar-refractivity contribution is 5.82. The lowest BCUT2D eigenvalue weighted by Crippen LogP contribution is -2.39. The number of benzene rings is 1. The molecule has 0 unspecified atom stereocenters. The largest absolute Gasteiger partial charge is 0.371 e. The fraction of sp³-hybridized carbons (Fsp3) is 0.333. The molecule has 0 radical (unpaired) electrons. The van der Waals surface area contributed by atoms with Crippen molar-refractivity contribution in [1.82, 2.24) is 15.0 Å². The van der Waals surface area contributed by atoms with Gasteiger partial charge in [-0.15, -0.1) is 0 Å². The van der Waals surface area contributed by atoms with Crippen LogP contribution in [0.1, 0.15) is 18.4 Å². The number of imidazole rings is 1. The van der Waals surface area contributed by atoms with Crippen LogP contribution in [0.25, 0.3) is 11.0 Å². The summed E-state index contributed by atoms with van der Waals surface area (Å²) in [5.41, 5.74) is 10.3. The molecule has 0 bridgehead atoms. The van der Waals surface area contributed by atoms with Gasteiger partial charge in [0.05, 0.1) is 11.0 Å². The molecule has 4 rings (SSSR count). The summed E-state index contributed by atoms with van der Waals surface area (Å²) in [7, 11) is 0. The van der Waals surface area contributed by atoms with Crippen LogP contribution < -0.4 is 16.0 Å². The summed E-state index contributed by atoms with van der Waals surface area (Å²) >= 11 is 0. The topological polar surface area (TPSA) is 82.9 Å². The van der Waals surface area contributed by atoms with E-state index in [1.54, 1.807) is 6.20 Å². The SMILES string of the molecule is Cc1cccnc1Nc1nc2ccc(N3CCC(N)CC3)cc2[nH]1. The van der Waals surface area contributed by atoms with Gasteiger partial charge in [-0.2, -0.15) is 0 Å². The van der Waals surface area contributed by atoms with Crippen molar-refractivity contribution in [3.05, 3.63) is 42.1 Å². The lowest BCUT2D eigenvalue weighted by Gasteiger charge is -2.31. The Labute approximate surface area is 141 Å². The van der Waals surface area contributed by atoms with E-state index >= 15 is 0 Å². The monoisotopic (exact) mass is 322 g/mol. The number of aromatic nitrogens is 3. The third-order valence-electron chi connectivity index (χ3n) is 4.62. The smallest absolute Gasteiger partial charge is 0.206 e. The molecule has 0 saturated carbocycles. The standard InChI is InChI=1S/C18H22N6/c1-12-3-2-8-20-17(12)23-18-21-15-5-4-14(11-16(15)22-18)24-9-6-13(19)7-10-24/h2-5,8,11,13H,6-7,9-10,19H2,1H3,(H2,20,21,22,23). The Morgan fingerprint density at radius 3 is 2.88 bits per heavy atom. The number of hydrogen-bond acceptors (Lipinski definition) is 5. The maximum absolute atomic E-state index is 6.00. The second kappa shape index (κ2) is 6.13. The van der Waals surface area contributed by atoms with Crippen molar-refractivity contribution in [1.29, 1.82) is 0 Å². The van der Waals surface area contributed by atoms with Gasteiger partial charge in [0.15, 0.2) is 0 Å². The fourth-order valence-electron chi connectivity index (χ4n) is 3.14. The van der Waals surface area contributed by atoms with E-state index in [1.807, 2.05) is 19.1 Å². The van der Waals surface area contributed by atoms with Crippen LogP contribution in [0.15, 0.2) is 36.5 Å². The Balaban J connectivity index is 1.58. The molecule has 6 nitrogen and oxygen atoms in total. The maximum Gasteiger partial charge on any atom is 0.206 e. The first-order valence-electron chi connectivity index (χ1n) is 8.38. The van der Waals surface area contributed by atoms with Crippen molar-refractivity contribution < 1.29 is 0 Å². The minimum absolute atomic E-state index is 0.342. The molecule has 1 saturated heterocycles. The van der Waals surface area contributed by atoms with E-state index in [-0.39, 0.29) is 0 Å². The van der Waals surface area contributed by atoms with E-state index < -0.39 is 0 Å². The van der Waals surface area contributed by atoms with Crippen molar-refractivity contribution in [2.75, 3.05) is 23.3 Å². The number of piperidine rings is 1. The third-order valence-corrected chi connectivity index (χ3v) is 4.62. The van der Waals surface area contributed by atoms with Crippen LogP contribution in [-0.2, 0) is 0 Å². The average Bonchev–Trinajstić information content (AvgIpc) is 2.99. The molecule has 0 amide bonds. The summed E-state index contributed by atoms with van der Waals surface area (Å²) < 4.78 is 0. The van der Waals surface area contributed by atoms with Gasteiger partial charge < -0.3 is 20.9 Å². The van der Waals surface area contributed by atoms with Crippen LogP contribution in [0.2, 0.25) is 0 Å². The van der Waals surface area contributed by atoms with Gasteiger partial charge >= 0.3 is 0 Å². The van der Waals surface area contributed by atoms with E-state index in [9.17, 15) is 0 Å². The molecule has 24 heavy (non-hydrogen) atoms. The first kappa shape index (κ1) is 15.0. The van der Waals surface area contributed by atoms with Gasteiger partial charge in [0.25, 0.3) is 0 Å². The Morgan fingerprint density at radius 2 is 2.08 bits per heavy atom. The minimum Gasteiger partial charge on any atom is -0.371 e. The van der Waals surface area contributed by atoms with Crippen LogP contribution in [0.4, 0.5) is 17.5 Å². The summed E-state index contributed by atoms with van der Waals surface area (Å²) in [5, 5.41) is 3.26. The highest BCUT2D eigenvalue weighted by Crippen LogP contribution is 2.25. The average molecular weight is 322 g/mol. The Hall–Kier alpha value is -2.60. The molecule has 1 aliphatic rings. The summed E-state index contributed by atoms with van der Waals surface area (Å²) in [6.45, 7) is 4.05. The van der Waals surface area contributed by atoms with Gasteiger partial charge in [0.1, 0.15) is 5.82 Å². The predicted molar refractivity (Wildman–Crippen MR) is 97.8 cm³/mol. The first-order chi connectivity index (χ1) is 11.7. The molecule has 0 spiro atoms. The summed E-state index contributed by atoms with van der Waals surface area (Å²) in [6, 6.07) is 10.7. The number of pyridine rings is 1. The van der Waals surface area contributed by atoms with E-state index in [0.29, 0.717) is 12.0 Å². The molecular weight excluding hydrogens is 300 g/mol. The van der Waals surface area contributed by atoms with Crippen molar-refractivity contribution >= 4 is 28.5 Å².